The van der Waals surface area contributed by atoms with Gasteiger partial charge in [0.2, 0.25) is 0 Å². The van der Waals surface area contributed by atoms with E-state index in [0.29, 0.717) is 5.56 Å². The van der Waals surface area contributed by atoms with Gasteiger partial charge in [-0.3, -0.25) is 14.4 Å². The third kappa shape index (κ3) is 5.04. The number of thioether (sulfide) groups is 1. The normalized spacial score (nSPS) is 13.7. The van der Waals surface area contributed by atoms with Gasteiger partial charge in [-0.2, -0.15) is 11.3 Å². The Kier molecular flexibility index (Phi) is 6.04. The van der Waals surface area contributed by atoms with Crippen LogP contribution >= 0.6 is 23.1 Å². The van der Waals surface area contributed by atoms with E-state index in [1.807, 2.05) is 0 Å². The van der Waals surface area contributed by atoms with Gasteiger partial charge in [-0.05, 0) is 18.4 Å². The number of carboxylic acid groups (broad SMARTS) is 2. The second-order valence-corrected chi connectivity index (χ2v) is 6.14. The van der Waals surface area contributed by atoms with Crippen LogP contribution in [-0.4, -0.2) is 38.9 Å². The highest BCUT2D eigenvalue weighted by atomic mass is 32.2. The Morgan fingerprint density at radius 1 is 1.37 bits per heavy atom. The Balaban J connectivity index is 2.69. The average Bonchev–Trinajstić information content (AvgIpc) is 2.86. The molecular formula is C12H14O5S2. The molecule has 1 heterocycles. The summed E-state index contributed by atoms with van der Waals surface area (Å²) in [7, 11) is 0. The SMILES string of the molecule is CC(SCC(CC(=O)O)C(=O)c1ccsc1)C(=O)O. The Hall–Kier alpha value is -1.34. The van der Waals surface area contributed by atoms with Crippen molar-refractivity contribution in [2.24, 2.45) is 5.92 Å². The van der Waals surface area contributed by atoms with Crippen molar-refractivity contribution in [3.05, 3.63) is 22.4 Å². The highest BCUT2D eigenvalue weighted by Crippen LogP contribution is 2.22. The third-order valence-corrected chi connectivity index (χ3v) is 4.47. The van der Waals surface area contributed by atoms with Crippen molar-refractivity contribution in [2.45, 2.75) is 18.6 Å². The summed E-state index contributed by atoms with van der Waals surface area (Å²) in [5.74, 6) is -2.78. The number of Topliss-reactive ketones (excluding diaryl/α,β-unsaturated/α-hetero) is 1. The van der Waals surface area contributed by atoms with Gasteiger partial charge < -0.3 is 10.2 Å². The molecule has 7 heteroatoms. The van der Waals surface area contributed by atoms with Crippen molar-refractivity contribution < 1.29 is 24.6 Å². The minimum absolute atomic E-state index is 0.189. The third-order valence-electron chi connectivity index (χ3n) is 2.49. The maximum absolute atomic E-state index is 12.1. The van der Waals surface area contributed by atoms with Crippen molar-refractivity contribution >= 4 is 40.8 Å². The highest BCUT2D eigenvalue weighted by Gasteiger charge is 2.25. The first kappa shape index (κ1) is 15.7. The maximum Gasteiger partial charge on any atom is 0.316 e. The molecule has 1 aromatic heterocycles. The minimum Gasteiger partial charge on any atom is -0.481 e. The molecule has 2 atom stereocenters. The van der Waals surface area contributed by atoms with Crippen LogP contribution in [0.3, 0.4) is 0 Å². The molecule has 19 heavy (non-hydrogen) atoms. The fraction of sp³-hybridized carbons (Fsp3) is 0.417. The lowest BCUT2D eigenvalue weighted by atomic mass is 9.98. The van der Waals surface area contributed by atoms with Gasteiger partial charge in [-0.1, -0.05) is 0 Å². The minimum atomic E-state index is -1.06. The standard InChI is InChI=1S/C12H14O5S2/c1-7(12(16)17)19-6-9(4-10(13)14)11(15)8-2-3-18-5-8/h2-3,5,7,9H,4,6H2,1H3,(H,13,14)(H,16,17). The molecule has 0 saturated carbocycles. The number of rotatable bonds is 8. The zero-order valence-corrected chi connectivity index (χ0v) is 11.9. The van der Waals surface area contributed by atoms with Gasteiger partial charge in [0.05, 0.1) is 11.7 Å². The Labute approximate surface area is 118 Å². The molecule has 0 bridgehead atoms. The van der Waals surface area contributed by atoms with E-state index in [-0.39, 0.29) is 18.0 Å². The van der Waals surface area contributed by atoms with Crippen LogP contribution in [-0.2, 0) is 9.59 Å². The molecule has 2 N–H and O–H groups in total. The Morgan fingerprint density at radius 2 is 2.05 bits per heavy atom. The molecule has 1 aromatic rings. The van der Waals surface area contributed by atoms with Gasteiger partial charge in [0.25, 0.3) is 0 Å². The van der Waals surface area contributed by atoms with Crippen LogP contribution < -0.4 is 0 Å². The molecule has 0 spiro atoms. The van der Waals surface area contributed by atoms with Crippen LogP contribution in [0.2, 0.25) is 0 Å². The molecule has 2 unspecified atom stereocenters. The molecule has 0 saturated heterocycles. The Morgan fingerprint density at radius 3 is 2.53 bits per heavy atom. The van der Waals surface area contributed by atoms with Gasteiger partial charge in [0, 0.05) is 22.6 Å². The van der Waals surface area contributed by atoms with Crippen molar-refractivity contribution in [2.75, 3.05) is 5.75 Å². The molecule has 0 radical (unpaired) electrons. The first-order chi connectivity index (χ1) is 8.91. The summed E-state index contributed by atoms with van der Waals surface area (Å²) in [6.07, 6.45) is -0.284. The predicted octanol–water partition coefficient (Wildman–Crippen LogP) is 2.23. The van der Waals surface area contributed by atoms with Gasteiger partial charge in [-0.15, -0.1) is 11.8 Å². The lowest BCUT2D eigenvalue weighted by molar-refractivity contribution is -0.138. The quantitative estimate of drug-likeness (QED) is 0.715. The smallest absolute Gasteiger partial charge is 0.316 e. The monoisotopic (exact) mass is 302 g/mol. The molecular weight excluding hydrogens is 288 g/mol. The number of carboxylic acids is 2. The summed E-state index contributed by atoms with van der Waals surface area (Å²) in [6, 6.07) is 1.65. The van der Waals surface area contributed by atoms with E-state index >= 15 is 0 Å². The number of thiophene rings is 1. The largest absolute Gasteiger partial charge is 0.481 e. The van der Waals surface area contributed by atoms with Crippen LogP contribution in [0, 0.1) is 5.92 Å². The second kappa shape index (κ2) is 7.30. The number of aliphatic carboxylic acids is 2. The van der Waals surface area contributed by atoms with E-state index in [4.69, 9.17) is 10.2 Å². The van der Waals surface area contributed by atoms with Crippen LogP contribution in [0.15, 0.2) is 16.8 Å². The molecule has 5 nitrogen and oxygen atoms in total. The molecule has 0 aromatic carbocycles. The van der Waals surface area contributed by atoms with Crippen LogP contribution in [0.5, 0.6) is 0 Å². The van der Waals surface area contributed by atoms with E-state index < -0.39 is 23.1 Å². The van der Waals surface area contributed by atoms with E-state index in [0.717, 1.165) is 11.8 Å². The van der Waals surface area contributed by atoms with Crippen molar-refractivity contribution in [1.29, 1.82) is 0 Å². The van der Waals surface area contributed by atoms with E-state index in [1.54, 1.807) is 16.8 Å². The van der Waals surface area contributed by atoms with Gasteiger partial charge in [0.15, 0.2) is 5.78 Å². The van der Waals surface area contributed by atoms with Crippen LogP contribution in [0.25, 0.3) is 0 Å². The topological polar surface area (TPSA) is 91.7 Å². The molecule has 0 amide bonds. The fourth-order valence-corrected chi connectivity index (χ4v) is 2.99. The zero-order chi connectivity index (χ0) is 14.4. The summed E-state index contributed by atoms with van der Waals surface area (Å²) in [4.78, 5) is 33.6. The number of carbonyl (C=O) groups is 3. The second-order valence-electron chi connectivity index (χ2n) is 3.98. The summed E-state index contributed by atoms with van der Waals surface area (Å²) < 4.78 is 0. The van der Waals surface area contributed by atoms with Gasteiger partial charge in [0.1, 0.15) is 0 Å². The summed E-state index contributed by atoms with van der Waals surface area (Å²) in [6.45, 7) is 1.51. The van der Waals surface area contributed by atoms with E-state index in [1.165, 1.54) is 18.3 Å². The summed E-state index contributed by atoms with van der Waals surface area (Å²) >= 11 is 2.44. The molecule has 1 rings (SSSR count). The van der Waals surface area contributed by atoms with Crippen molar-refractivity contribution in [1.82, 2.24) is 0 Å². The molecule has 0 aliphatic heterocycles. The van der Waals surface area contributed by atoms with Crippen molar-refractivity contribution in [3.63, 3.8) is 0 Å². The molecule has 0 aliphatic carbocycles. The summed E-state index contributed by atoms with van der Waals surface area (Å²) in [5, 5.41) is 20.4. The number of hydrogen-bond donors (Lipinski definition) is 2. The van der Waals surface area contributed by atoms with Gasteiger partial charge >= 0.3 is 11.9 Å². The lowest BCUT2D eigenvalue weighted by Crippen LogP contribution is -2.23. The highest BCUT2D eigenvalue weighted by molar-refractivity contribution is 8.00. The average molecular weight is 302 g/mol. The van der Waals surface area contributed by atoms with Crippen molar-refractivity contribution in [3.8, 4) is 0 Å². The molecule has 0 aliphatic rings. The number of hydrogen-bond acceptors (Lipinski definition) is 5. The summed E-state index contributed by atoms with van der Waals surface area (Å²) in [5.41, 5.74) is 0.486. The van der Waals surface area contributed by atoms with Crippen LogP contribution in [0.4, 0.5) is 0 Å². The zero-order valence-electron chi connectivity index (χ0n) is 10.2. The van der Waals surface area contributed by atoms with E-state index in [9.17, 15) is 14.4 Å². The lowest BCUT2D eigenvalue weighted by Gasteiger charge is -2.14. The van der Waals surface area contributed by atoms with Crippen LogP contribution in [0.1, 0.15) is 23.7 Å². The molecule has 104 valence electrons. The number of carbonyl (C=O) groups excluding carboxylic acids is 1. The van der Waals surface area contributed by atoms with Gasteiger partial charge in [-0.25, -0.2) is 0 Å². The Bertz CT molecular complexity index is 455. The number of ketones is 1. The molecule has 0 fully saturated rings. The first-order valence-electron chi connectivity index (χ1n) is 5.54. The fourth-order valence-electron chi connectivity index (χ4n) is 1.41. The first-order valence-corrected chi connectivity index (χ1v) is 7.53. The van der Waals surface area contributed by atoms with E-state index in [2.05, 4.69) is 0 Å². The predicted molar refractivity (Wildman–Crippen MR) is 73.9 cm³/mol. The maximum atomic E-state index is 12.1.